The summed E-state index contributed by atoms with van der Waals surface area (Å²) in [5.74, 6) is 0.608. The lowest BCUT2D eigenvalue weighted by atomic mass is 10.0. The Morgan fingerprint density at radius 3 is 2.90 bits per heavy atom. The number of likely N-dealkylation sites (tertiary alicyclic amines) is 1. The second-order valence-electron chi connectivity index (χ2n) is 6.33. The van der Waals surface area contributed by atoms with Gasteiger partial charge in [-0.1, -0.05) is 19.1 Å². The third kappa shape index (κ3) is 2.60. The molecule has 1 aromatic carbocycles. The van der Waals surface area contributed by atoms with E-state index in [2.05, 4.69) is 18.3 Å². The van der Waals surface area contributed by atoms with E-state index >= 15 is 0 Å². The van der Waals surface area contributed by atoms with Crippen molar-refractivity contribution in [3.63, 3.8) is 0 Å². The first-order valence-electron chi connectivity index (χ1n) is 7.52. The van der Waals surface area contributed by atoms with Crippen molar-refractivity contribution in [1.29, 1.82) is 0 Å². The molecule has 1 atom stereocenters. The monoisotopic (exact) mass is 273 g/mol. The van der Waals surface area contributed by atoms with Crippen LogP contribution in [0.3, 0.4) is 0 Å². The fourth-order valence-electron chi connectivity index (χ4n) is 3.10. The highest BCUT2D eigenvalue weighted by atomic mass is 16.2. The number of nitrogens with two attached hydrogens (primary N) is 1. The van der Waals surface area contributed by atoms with Gasteiger partial charge in [-0.2, -0.15) is 0 Å². The summed E-state index contributed by atoms with van der Waals surface area (Å²) in [6.07, 6.45) is 4.35. The molecule has 1 aromatic rings. The van der Waals surface area contributed by atoms with Gasteiger partial charge in [0.05, 0.1) is 5.54 Å². The van der Waals surface area contributed by atoms with E-state index in [4.69, 9.17) is 5.73 Å². The van der Waals surface area contributed by atoms with Crippen molar-refractivity contribution in [2.75, 3.05) is 18.8 Å². The van der Waals surface area contributed by atoms with Crippen molar-refractivity contribution in [3.05, 3.63) is 29.8 Å². The fourth-order valence-corrected chi connectivity index (χ4v) is 3.10. The molecule has 1 unspecified atom stereocenters. The van der Waals surface area contributed by atoms with Crippen LogP contribution in [0.25, 0.3) is 0 Å². The van der Waals surface area contributed by atoms with Gasteiger partial charge < -0.3 is 16.0 Å². The number of hydrogen-bond donors (Lipinski definition) is 2. The van der Waals surface area contributed by atoms with Crippen molar-refractivity contribution < 1.29 is 4.79 Å². The molecule has 1 heterocycles. The Morgan fingerprint density at radius 1 is 1.45 bits per heavy atom. The minimum absolute atomic E-state index is 0.0801. The Morgan fingerprint density at radius 2 is 2.25 bits per heavy atom. The first-order chi connectivity index (χ1) is 9.59. The van der Waals surface area contributed by atoms with Crippen molar-refractivity contribution in [3.8, 4) is 0 Å². The summed E-state index contributed by atoms with van der Waals surface area (Å²) in [5, 5.41) is 3.23. The fraction of sp³-hybridized carbons (Fsp3) is 0.562. The molecule has 2 fully saturated rings. The predicted octanol–water partition coefficient (Wildman–Crippen LogP) is 2.70. The number of nitrogens with one attached hydrogen (secondary N) is 1. The molecule has 108 valence electrons. The number of nitrogen functional groups attached to an aromatic ring is 1. The topological polar surface area (TPSA) is 58.4 Å². The first kappa shape index (κ1) is 13.3. The number of rotatable bonds is 2. The van der Waals surface area contributed by atoms with Crippen LogP contribution in [0.1, 0.15) is 38.2 Å². The number of nitrogens with zero attached hydrogens (tertiary/aromatic N) is 1. The highest BCUT2D eigenvalue weighted by Crippen LogP contribution is 2.46. The van der Waals surface area contributed by atoms with E-state index in [9.17, 15) is 4.79 Å². The molecule has 20 heavy (non-hydrogen) atoms. The summed E-state index contributed by atoms with van der Waals surface area (Å²) >= 11 is 0. The van der Waals surface area contributed by atoms with Crippen LogP contribution in [0, 0.1) is 5.92 Å². The lowest BCUT2D eigenvalue weighted by molar-refractivity contribution is 0.165. The summed E-state index contributed by atoms with van der Waals surface area (Å²) in [7, 11) is 0. The lowest BCUT2D eigenvalue weighted by Gasteiger charge is -2.32. The summed E-state index contributed by atoms with van der Waals surface area (Å²) in [4.78, 5) is 14.4. The third-order valence-corrected chi connectivity index (χ3v) is 4.48. The van der Waals surface area contributed by atoms with Gasteiger partial charge in [-0.25, -0.2) is 4.79 Å². The molecule has 4 nitrogen and oxygen atoms in total. The number of urea groups is 1. The second kappa shape index (κ2) is 5.00. The molecular weight excluding hydrogens is 250 g/mol. The number of carbonyl (C=O) groups is 1. The molecular formula is C16H23N3O. The van der Waals surface area contributed by atoms with Gasteiger partial charge >= 0.3 is 6.03 Å². The largest absolute Gasteiger partial charge is 0.399 e. The maximum Gasteiger partial charge on any atom is 0.318 e. The number of anilines is 1. The van der Waals surface area contributed by atoms with Crippen LogP contribution in [0.15, 0.2) is 24.3 Å². The van der Waals surface area contributed by atoms with E-state index in [1.165, 1.54) is 6.42 Å². The minimum atomic E-state index is -0.173. The molecule has 1 saturated carbocycles. The third-order valence-electron chi connectivity index (χ3n) is 4.48. The van der Waals surface area contributed by atoms with Crippen molar-refractivity contribution in [1.82, 2.24) is 10.2 Å². The lowest BCUT2D eigenvalue weighted by Crippen LogP contribution is -2.48. The molecule has 0 bridgehead atoms. The van der Waals surface area contributed by atoms with Crippen molar-refractivity contribution in [2.24, 2.45) is 5.92 Å². The Hall–Kier alpha value is -1.71. The standard InChI is InChI=1S/C16H23N3O/c1-12-4-3-9-19(11-12)15(20)18-16(7-8-16)13-5-2-6-14(17)10-13/h2,5-6,10,12H,3-4,7-9,11,17H2,1H3,(H,18,20). The van der Waals surface area contributed by atoms with Crippen LogP contribution in [0.5, 0.6) is 0 Å². The molecule has 2 aliphatic rings. The average molecular weight is 273 g/mol. The van der Waals surface area contributed by atoms with Crippen molar-refractivity contribution >= 4 is 11.7 Å². The Kier molecular flexibility index (Phi) is 3.32. The summed E-state index contributed by atoms with van der Waals surface area (Å²) in [5.41, 5.74) is 7.57. The van der Waals surface area contributed by atoms with Gasteiger partial charge in [0.2, 0.25) is 0 Å². The van der Waals surface area contributed by atoms with Crippen LogP contribution < -0.4 is 11.1 Å². The molecule has 3 N–H and O–H groups in total. The SMILES string of the molecule is CC1CCCN(C(=O)NC2(c3cccc(N)c3)CC2)C1. The number of benzene rings is 1. The molecule has 0 aromatic heterocycles. The van der Waals surface area contributed by atoms with Gasteiger partial charge in [0, 0.05) is 18.8 Å². The summed E-state index contributed by atoms with van der Waals surface area (Å²) in [6.45, 7) is 3.96. The van der Waals surface area contributed by atoms with Gasteiger partial charge in [-0.15, -0.1) is 0 Å². The van der Waals surface area contributed by atoms with Crippen LogP contribution in [-0.4, -0.2) is 24.0 Å². The minimum Gasteiger partial charge on any atom is -0.399 e. The molecule has 2 amide bonds. The van der Waals surface area contributed by atoms with Crippen LogP contribution in [0.2, 0.25) is 0 Å². The zero-order valence-electron chi connectivity index (χ0n) is 12.1. The number of amides is 2. The molecule has 1 saturated heterocycles. The van der Waals surface area contributed by atoms with E-state index in [1.54, 1.807) is 0 Å². The quantitative estimate of drug-likeness (QED) is 0.814. The number of hydrogen-bond acceptors (Lipinski definition) is 2. The molecule has 1 aliphatic heterocycles. The summed E-state index contributed by atoms with van der Waals surface area (Å²) < 4.78 is 0. The van der Waals surface area contributed by atoms with Gasteiger partial charge in [0.15, 0.2) is 0 Å². The number of piperidine rings is 1. The highest BCUT2D eigenvalue weighted by Gasteiger charge is 2.46. The molecule has 3 rings (SSSR count). The summed E-state index contributed by atoms with van der Waals surface area (Å²) in [6, 6.07) is 7.96. The van der Waals surface area contributed by atoms with Gasteiger partial charge in [0.1, 0.15) is 0 Å². The maximum absolute atomic E-state index is 12.4. The van der Waals surface area contributed by atoms with Gasteiger partial charge in [-0.05, 0) is 49.3 Å². The Labute approximate surface area is 120 Å². The molecule has 0 radical (unpaired) electrons. The Bertz CT molecular complexity index is 510. The smallest absolute Gasteiger partial charge is 0.318 e. The van der Waals surface area contributed by atoms with E-state index in [0.717, 1.165) is 43.6 Å². The highest BCUT2D eigenvalue weighted by molar-refractivity contribution is 5.76. The molecule has 4 heteroatoms. The van der Waals surface area contributed by atoms with Gasteiger partial charge in [0.25, 0.3) is 0 Å². The first-order valence-corrected chi connectivity index (χ1v) is 7.52. The second-order valence-corrected chi connectivity index (χ2v) is 6.33. The molecule has 0 spiro atoms. The van der Waals surface area contributed by atoms with E-state index in [-0.39, 0.29) is 11.6 Å². The van der Waals surface area contributed by atoms with E-state index in [1.807, 2.05) is 23.1 Å². The van der Waals surface area contributed by atoms with Crippen LogP contribution in [-0.2, 0) is 5.54 Å². The average Bonchev–Trinajstić information content (AvgIpc) is 3.20. The van der Waals surface area contributed by atoms with Gasteiger partial charge in [-0.3, -0.25) is 0 Å². The Balaban J connectivity index is 1.69. The molecule has 1 aliphatic carbocycles. The van der Waals surface area contributed by atoms with Crippen LogP contribution in [0.4, 0.5) is 10.5 Å². The van der Waals surface area contributed by atoms with Crippen molar-refractivity contribution in [2.45, 2.75) is 38.1 Å². The normalized spacial score (nSPS) is 24.2. The zero-order valence-corrected chi connectivity index (χ0v) is 12.1. The van der Waals surface area contributed by atoms with Crippen LogP contribution >= 0.6 is 0 Å². The predicted molar refractivity (Wildman–Crippen MR) is 80.3 cm³/mol. The number of carbonyl (C=O) groups excluding carboxylic acids is 1. The van der Waals surface area contributed by atoms with E-state index in [0.29, 0.717) is 5.92 Å². The zero-order chi connectivity index (χ0) is 14.2. The van der Waals surface area contributed by atoms with E-state index < -0.39 is 0 Å². The maximum atomic E-state index is 12.4.